The molecule has 168 valence electrons. The first kappa shape index (κ1) is 23.3. The number of sulfonamides is 1. The number of rotatable bonds is 8. The van der Waals surface area contributed by atoms with Gasteiger partial charge in [-0.1, -0.05) is 53.6 Å². The van der Waals surface area contributed by atoms with E-state index in [1.54, 1.807) is 43.5 Å². The molecule has 1 amide bonds. The van der Waals surface area contributed by atoms with E-state index in [2.05, 4.69) is 5.32 Å². The van der Waals surface area contributed by atoms with Gasteiger partial charge in [-0.05, 0) is 51.1 Å². The summed E-state index contributed by atoms with van der Waals surface area (Å²) >= 11 is 0. The fourth-order valence-corrected chi connectivity index (χ4v) is 4.80. The Morgan fingerprint density at radius 2 is 1.50 bits per heavy atom. The number of hydrogen-bond acceptors (Lipinski definition) is 4. The smallest absolute Gasteiger partial charge is 0.264 e. The Morgan fingerprint density at radius 3 is 2.09 bits per heavy atom. The minimum atomic E-state index is -3.94. The zero-order valence-electron chi connectivity index (χ0n) is 18.7. The fourth-order valence-electron chi connectivity index (χ4n) is 3.38. The summed E-state index contributed by atoms with van der Waals surface area (Å²) in [5.41, 5.74) is 3.19. The zero-order chi connectivity index (χ0) is 23.3. The molecule has 0 aliphatic carbocycles. The van der Waals surface area contributed by atoms with Crippen LogP contribution in [0.1, 0.15) is 29.7 Å². The molecule has 0 heterocycles. The Morgan fingerprint density at radius 1 is 0.938 bits per heavy atom. The van der Waals surface area contributed by atoms with Gasteiger partial charge in [0.05, 0.1) is 23.7 Å². The molecule has 7 heteroatoms. The number of aryl methyl sites for hydroxylation is 2. The van der Waals surface area contributed by atoms with Crippen molar-refractivity contribution in [2.24, 2.45) is 0 Å². The van der Waals surface area contributed by atoms with Crippen LogP contribution in [-0.2, 0) is 14.8 Å². The number of anilines is 1. The van der Waals surface area contributed by atoms with Gasteiger partial charge in [-0.15, -0.1) is 0 Å². The molecule has 32 heavy (non-hydrogen) atoms. The van der Waals surface area contributed by atoms with Crippen LogP contribution in [0.5, 0.6) is 5.75 Å². The van der Waals surface area contributed by atoms with Crippen molar-refractivity contribution in [3.8, 4) is 5.75 Å². The van der Waals surface area contributed by atoms with Gasteiger partial charge < -0.3 is 10.1 Å². The topological polar surface area (TPSA) is 75.7 Å². The lowest BCUT2D eigenvalue weighted by Gasteiger charge is -2.25. The Bertz CT molecular complexity index is 1170. The molecule has 0 unspecified atom stereocenters. The second-order valence-electron chi connectivity index (χ2n) is 7.69. The second kappa shape index (κ2) is 9.87. The first-order valence-corrected chi connectivity index (χ1v) is 11.7. The van der Waals surface area contributed by atoms with Crippen molar-refractivity contribution >= 4 is 21.6 Å². The maximum absolute atomic E-state index is 13.4. The molecule has 0 saturated carbocycles. The number of para-hydroxylation sites is 1. The van der Waals surface area contributed by atoms with Crippen LogP contribution >= 0.6 is 0 Å². The molecule has 0 fully saturated rings. The second-order valence-corrected chi connectivity index (χ2v) is 9.55. The number of hydrogen-bond donors (Lipinski definition) is 1. The van der Waals surface area contributed by atoms with Crippen LogP contribution in [0.4, 0.5) is 5.69 Å². The monoisotopic (exact) mass is 452 g/mol. The van der Waals surface area contributed by atoms with Gasteiger partial charge in [0, 0.05) is 5.56 Å². The first-order valence-electron chi connectivity index (χ1n) is 10.3. The van der Waals surface area contributed by atoms with E-state index in [-0.39, 0.29) is 17.5 Å². The fraction of sp³-hybridized carbons (Fsp3) is 0.240. The Hall–Kier alpha value is -3.32. The van der Waals surface area contributed by atoms with Gasteiger partial charge in [0.2, 0.25) is 5.91 Å². The van der Waals surface area contributed by atoms with Crippen LogP contribution in [0.15, 0.2) is 77.7 Å². The summed E-state index contributed by atoms with van der Waals surface area (Å²) in [7, 11) is -2.37. The molecule has 1 atom stereocenters. The number of ether oxygens (including phenoxy) is 1. The Balaban J connectivity index is 1.89. The van der Waals surface area contributed by atoms with Gasteiger partial charge in [0.1, 0.15) is 12.3 Å². The normalized spacial score (nSPS) is 12.1. The lowest BCUT2D eigenvalue weighted by molar-refractivity contribution is -0.120. The lowest BCUT2D eigenvalue weighted by Crippen LogP contribution is -2.41. The average molecular weight is 453 g/mol. The van der Waals surface area contributed by atoms with Crippen LogP contribution in [0.25, 0.3) is 0 Å². The van der Waals surface area contributed by atoms with E-state index < -0.39 is 15.9 Å². The highest BCUT2D eigenvalue weighted by molar-refractivity contribution is 7.92. The number of nitrogens with zero attached hydrogens (tertiary/aromatic N) is 1. The molecule has 0 spiro atoms. The summed E-state index contributed by atoms with van der Waals surface area (Å²) in [6, 6.07) is 20.7. The Labute approximate surface area is 189 Å². The van der Waals surface area contributed by atoms with Crippen molar-refractivity contribution in [3.63, 3.8) is 0 Å². The summed E-state index contributed by atoms with van der Waals surface area (Å²) in [5.74, 6) is 0.239. The summed E-state index contributed by atoms with van der Waals surface area (Å²) in [6.07, 6.45) is 0. The third-order valence-electron chi connectivity index (χ3n) is 5.20. The molecule has 1 N–H and O–H groups in total. The van der Waals surface area contributed by atoms with Crippen LogP contribution < -0.4 is 14.4 Å². The number of carbonyl (C=O) groups excluding carboxylic acids is 1. The molecule has 0 aromatic heterocycles. The number of amides is 1. The molecule has 0 radical (unpaired) electrons. The zero-order valence-corrected chi connectivity index (χ0v) is 19.5. The van der Waals surface area contributed by atoms with Crippen molar-refractivity contribution < 1.29 is 17.9 Å². The Kier molecular flexibility index (Phi) is 7.20. The molecular weight excluding hydrogens is 424 g/mol. The van der Waals surface area contributed by atoms with Gasteiger partial charge in [0.25, 0.3) is 10.0 Å². The maximum atomic E-state index is 13.4. The van der Waals surface area contributed by atoms with Crippen molar-refractivity contribution in [1.29, 1.82) is 0 Å². The number of carbonyl (C=O) groups is 1. The molecule has 0 saturated heterocycles. The SMILES string of the molecule is COc1ccccc1[C@H](C)NC(=O)CN(c1ccc(C)cc1)S(=O)(=O)c1ccc(C)cc1. The molecule has 3 aromatic carbocycles. The van der Waals surface area contributed by atoms with Crippen molar-refractivity contribution in [1.82, 2.24) is 5.32 Å². The molecular formula is C25H28N2O4S. The van der Waals surface area contributed by atoms with Crippen molar-refractivity contribution in [2.75, 3.05) is 18.0 Å². The predicted octanol–water partition coefficient (Wildman–Crippen LogP) is 4.38. The van der Waals surface area contributed by atoms with Gasteiger partial charge in [-0.2, -0.15) is 0 Å². The standard InChI is InChI=1S/C25H28N2O4S/c1-18-9-13-21(14-10-18)27(32(29,30)22-15-11-19(2)12-16-22)17-25(28)26-20(3)23-7-5-6-8-24(23)31-4/h5-16,20H,17H2,1-4H3,(H,26,28)/t20-/m0/s1. The van der Waals surface area contributed by atoms with Crippen LogP contribution in [0, 0.1) is 13.8 Å². The van der Waals surface area contributed by atoms with Gasteiger partial charge in [0.15, 0.2) is 0 Å². The van der Waals surface area contributed by atoms with Crippen molar-refractivity contribution in [3.05, 3.63) is 89.5 Å². The van der Waals surface area contributed by atoms with Gasteiger partial charge in [-0.3, -0.25) is 9.10 Å². The van der Waals surface area contributed by atoms with E-state index in [4.69, 9.17) is 4.74 Å². The third-order valence-corrected chi connectivity index (χ3v) is 6.99. The molecule has 0 aliphatic rings. The van der Waals surface area contributed by atoms with Gasteiger partial charge >= 0.3 is 0 Å². The minimum Gasteiger partial charge on any atom is -0.496 e. The molecule has 6 nitrogen and oxygen atoms in total. The lowest BCUT2D eigenvalue weighted by atomic mass is 10.1. The van der Waals surface area contributed by atoms with E-state index >= 15 is 0 Å². The highest BCUT2D eigenvalue weighted by atomic mass is 32.2. The highest BCUT2D eigenvalue weighted by Gasteiger charge is 2.28. The van der Waals surface area contributed by atoms with E-state index in [0.29, 0.717) is 11.4 Å². The molecule has 3 aromatic rings. The summed E-state index contributed by atoms with van der Waals surface area (Å²) in [6.45, 7) is 5.30. The van der Waals surface area contributed by atoms with E-state index in [1.807, 2.05) is 57.2 Å². The quantitative estimate of drug-likeness (QED) is 0.550. The van der Waals surface area contributed by atoms with E-state index in [0.717, 1.165) is 21.0 Å². The largest absolute Gasteiger partial charge is 0.496 e. The minimum absolute atomic E-state index is 0.134. The highest BCUT2D eigenvalue weighted by Crippen LogP contribution is 2.26. The predicted molar refractivity (Wildman–Crippen MR) is 126 cm³/mol. The number of benzene rings is 3. The first-order chi connectivity index (χ1) is 15.2. The molecule has 0 bridgehead atoms. The number of methoxy groups -OCH3 is 1. The molecule has 0 aliphatic heterocycles. The average Bonchev–Trinajstić information content (AvgIpc) is 2.78. The summed E-state index contributed by atoms with van der Waals surface area (Å²) in [5, 5.41) is 2.89. The van der Waals surface area contributed by atoms with Crippen LogP contribution in [-0.4, -0.2) is 28.0 Å². The van der Waals surface area contributed by atoms with E-state index in [9.17, 15) is 13.2 Å². The van der Waals surface area contributed by atoms with E-state index in [1.165, 1.54) is 0 Å². The maximum Gasteiger partial charge on any atom is 0.264 e. The number of nitrogens with one attached hydrogen (secondary N) is 1. The third kappa shape index (κ3) is 5.29. The van der Waals surface area contributed by atoms with Crippen molar-refractivity contribution in [2.45, 2.75) is 31.7 Å². The van der Waals surface area contributed by atoms with Crippen LogP contribution in [0.2, 0.25) is 0 Å². The summed E-state index contributed by atoms with van der Waals surface area (Å²) < 4.78 is 33.4. The summed E-state index contributed by atoms with van der Waals surface area (Å²) in [4.78, 5) is 13.1. The molecule has 3 rings (SSSR count). The van der Waals surface area contributed by atoms with Crippen LogP contribution in [0.3, 0.4) is 0 Å². The van der Waals surface area contributed by atoms with Gasteiger partial charge in [-0.25, -0.2) is 8.42 Å².